The zero-order chi connectivity index (χ0) is 22.2. The highest BCUT2D eigenvalue weighted by molar-refractivity contribution is 7.97. The van der Waals surface area contributed by atoms with Crippen molar-refractivity contribution in [3.05, 3.63) is 30.1 Å². The van der Waals surface area contributed by atoms with Crippen molar-refractivity contribution in [1.29, 1.82) is 0 Å². The lowest BCUT2D eigenvalue weighted by molar-refractivity contribution is -0.133. The van der Waals surface area contributed by atoms with Crippen molar-refractivity contribution < 1.29 is 21.6 Å². The molecular weight excluding hydrogens is 460 g/mol. The van der Waals surface area contributed by atoms with E-state index in [0.29, 0.717) is 18.8 Å². The predicted molar refractivity (Wildman–Crippen MR) is 121 cm³/mol. The van der Waals surface area contributed by atoms with Gasteiger partial charge in [-0.05, 0) is 24.8 Å². The summed E-state index contributed by atoms with van der Waals surface area (Å²) in [7, 11) is -6.95. The molecule has 0 N–H and O–H groups in total. The van der Waals surface area contributed by atoms with Crippen molar-refractivity contribution >= 4 is 48.6 Å². The van der Waals surface area contributed by atoms with Gasteiger partial charge in [0.1, 0.15) is 12.4 Å². The monoisotopic (exact) mass is 486 g/mol. The number of piperazine rings is 1. The van der Waals surface area contributed by atoms with E-state index < -0.39 is 25.1 Å². The third-order valence-electron chi connectivity index (χ3n) is 5.86. The minimum atomic E-state index is -3.68. The smallest absolute Gasteiger partial charge is 0.242 e. The Morgan fingerprint density at radius 3 is 2.55 bits per heavy atom. The molecule has 1 aromatic carbocycles. The van der Waals surface area contributed by atoms with E-state index in [1.165, 1.54) is 4.31 Å². The average molecular weight is 487 g/mol. The van der Waals surface area contributed by atoms with Crippen molar-refractivity contribution in [3.63, 3.8) is 0 Å². The molecule has 1 amide bonds. The van der Waals surface area contributed by atoms with Crippen LogP contribution in [0.5, 0.6) is 0 Å². The highest BCUT2D eigenvalue weighted by atomic mass is 32.2. The third kappa shape index (κ3) is 4.62. The number of carbonyl (C=O) groups excluding carboxylic acids is 1. The number of benzene rings is 1. The number of hydrogen-bond acceptors (Lipinski definition) is 7. The Morgan fingerprint density at radius 2 is 1.90 bits per heavy atom. The van der Waals surface area contributed by atoms with E-state index in [2.05, 4.69) is 4.98 Å². The van der Waals surface area contributed by atoms with Gasteiger partial charge in [0.05, 0.1) is 33.5 Å². The molecule has 2 fully saturated rings. The molecule has 3 heterocycles. The van der Waals surface area contributed by atoms with Crippen LogP contribution in [0.15, 0.2) is 24.3 Å². The van der Waals surface area contributed by atoms with Gasteiger partial charge < -0.3 is 9.47 Å². The Balaban J connectivity index is 1.42. The summed E-state index contributed by atoms with van der Waals surface area (Å²) in [5.41, 5.74) is 1.75. The number of carbonyl (C=O) groups is 1. The third-order valence-corrected chi connectivity index (χ3v) is 10.7. The zero-order valence-electron chi connectivity index (χ0n) is 17.3. The molecule has 0 spiro atoms. The molecule has 12 heteroatoms. The summed E-state index contributed by atoms with van der Waals surface area (Å²) in [5, 5.41) is -0.869. The lowest BCUT2D eigenvalue weighted by Gasteiger charge is -2.35. The van der Waals surface area contributed by atoms with Crippen molar-refractivity contribution in [3.8, 4) is 0 Å². The molecular formula is C19H26N4O5S3. The number of para-hydroxylation sites is 2. The van der Waals surface area contributed by atoms with Crippen LogP contribution >= 0.6 is 11.8 Å². The molecule has 2 aliphatic heterocycles. The van der Waals surface area contributed by atoms with Crippen LogP contribution in [0.4, 0.5) is 0 Å². The first kappa shape index (κ1) is 22.6. The molecule has 2 aliphatic rings. The summed E-state index contributed by atoms with van der Waals surface area (Å²) in [6.07, 6.45) is 2.14. The Labute approximate surface area is 186 Å². The van der Waals surface area contributed by atoms with Gasteiger partial charge in [-0.1, -0.05) is 12.1 Å². The second-order valence-electron chi connectivity index (χ2n) is 7.89. The maximum absolute atomic E-state index is 13.0. The Morgan fingerprint density at radius 1 is 1.19 bits per heavy atom. The molecule has 9 nitrogen and oxygen atoms in total. The number of rotatable bonds is 6. The van der Waals surface area contributed by atoms with Crippen LogP contribution in [-0.4, -0.2) is 90.7 Å². The second kappa shape index (κ2) is 8.72. The predicted octanol–water partition coefficient (Wildman–Crippen LogP) is 0.560. The van der Waals surface area contributed by atoms with Crippen LogP contribution in [0, 0.1) is 0 Å². The van der Waals surface area contributed by atoms with E-state index in [0.717, 1.165) is 16.9 Å². The minimum absolute atomic E-state index is 0.0768. The normalized spacial score (nSPS) is 22.2. The van der Waals surface area contributed by atoms with Gasteiger partial charge in [0.2, 0.25) is 15.9 Å². The van der Waals surface area contributed by atoms with Crippen LogP contribution < -0.4 is 0 Å². The summed E-state index contributed by atoms with van der Waals surface area (Å²) in [6.45, 7) is 1.12. The lowest BCUT2D eigenvalue weighted by Crippen LogP contribution is -2.53. The van der Waals surface area contributed by atoms with E-state index in [1.54, 1.807) is 16.7 Å². The highest BCUT2D eigenvalue weighted by Gasteiger charge is 2.41. The molecule has 2 saturated heterocycles. The average Bonchev–Trinajstić information content (AvgIpc) is 3.28. The highest BCUT2D eigenvalue weighted by Crippen LogP contribution is 2.24. The summed E-state index contributed by atoms with van der Waals surface area (Å²) < 4.78 is 52.3. The first-order chi connectivity index (χ1) is 14.7. The van der Waals surface area contributed by atoms with Gasteiger partial charge in [-0.3, -0.25) is 4.79 Å². The minimum Gasteiger partial charge on any atom is -0.339 e. The van der Waals surface area contributed by atoms with Crippen molar-refractivity contribution in [2.75, 3.05) is 43.9 Å². The Bertz CT molecular complexity index is 1180. The van der Waals surface area contributed by atoms with E-state index in [1.807, 2.05) is 35.1 Å². The molecule has 4 rings (SSSR count). The lowest BCUT2D eigenvalue weighted by atomic mass is 10.3. The number of sulfonamides is 1. The summed E-state index contributed by atoms with van der Waals surface area (Å²) >= 11 is 1.64. The van der Waals surface area contributed by atoms with Gasteiger partial charge in [0.25, 0.3) is 0 Å². The maximum atomic E-state index is 13.0. The van der Waals surface area contributed by atoms with E-state index in [9.17, 15) is 21.6 Å². The molecule has 0 saturated carbocycles. The van der Waals surface area contributed by atoms with E-state index in [-0.39, 0.29) is 43.5 Å². The number of sulfone groups is 1. The van der Waals surface area contributed by atoms with Gasteiger partial charge >= 0.3 is 0 Å². The van der Waals surface area contributed by atoms with Gasteiger partial charge in [-0.2, -0.15) is 16.1 Å². The number of thioether (sulfide) groups is 1. The SMILES string of the molecule is CSCc1nc2ccccc2n1CC(=O)N1CCN(S(=O)(=O)C2CCS(=O)(=O)C2)CC1. The molecule has 1 aromatic heterocycles. The number of amides is 1. The van der Waals surface area contributed by atoms with Gasteiger partial charge in [-0.15, -0.1) is 0 Å². The molecule has 31 heavy (non-hydrogen) atoms. The number of aromatic nitrogens is 2. The number of hydrogen-bond donors (Lipinski definition) is 0. The number of fused-ring (bicyclic) bond motifs is 1. The summed E-state index contributed by atoms with van der Waals surface area (Å²) in [6, 6.07) is 7.70. The molecule has 0 radical (unpaired) electrons. The molecule has 0 bridgehead atoms. The fourth-order valence-corrected chi connectivity index (χ4v) is 9.17. The Kier molecular flexibility index (Phi) is 6.35. The van der Waals surface area contributed by atoms with Crippen LogP contribution in [0.2, 0.25) is 0 Å². The molecule has 0 aliphatic carbocycles. The van der Waals surface area contributed by atoms with Crippen molar-refractivity contribution in [2.24, 2.45) is 0 Å². The second-order valence-corrected chi connectivity index (χ2v) is 13.2. The molecule has 1 unspecified atom stereocenters. The first-order valence-electron chi connectivity index (χ1n) is 10.1. The quantitative estimate of drug-likeness (QED) is 0.587. The Hall–Kier alpha value is -1.63. The molecule has 2 aromatic rings. The fraction of sp³-hybridized carbons (Fsp3) is 0.579. The molecule has 170 valence electrons. The van der Waals surface area contributed by atoms with Gasteiger partial charge in [-0.25, -0.2) is 21.8 Å². The van der Waals surface area contributed by atoms with Crippen LogP contribution in [0.1, 0.15) is 12.2 Å². The van der Waals surface area contributed by atoms with Gasteiger partial charge in [0, 0.05) is 26.2 Å². The van der Waals surface area contributed by atoms with Crippen molar-refractivity contribution in [1.82, 2.24) is 18.8 Å². The summed E-state index contributed by atoms with van der Waals surface area (Å²) in [4.78, 5) is 19.3. The van der Waals surface area contributed by atoms with Gasteiger partial charge in [0.15, 0.2) is 9.84 Å². The van der Waals surface area contributed by atoms with Crippen molar-refractivity contribution in [2.45, 2.75) is 24.0 Å². The van der Waals surface area contributed by atoms with Crippen LogP contribution in [0.25, 0.3) is 11.0 Å². The maximum Gasteiger partial charge on any atom is 0.242 e. The van der Waals surface area contributed by atoms with Crippen LogP contribution in [0.3, 0.4) is 0 Å². The largest absolute Gasteiger partial charge is 0.339 e. The standard InChI is InChI=1S/C19H26N4O5S3/c1-29-13-18-20-16-4-2-3-5-17(16)23(18)12-19(24)21-7-9-22(10-8-21)31(27,28)15-6-11-30(25,26)14-15/h2-5,15H,6-14H2,1H3. The number of imidazole rings is 1. The zero-order valence-corrected chi connectivity index (χ0v) is 19.8. The van der Waals surface area contributed by atoms with E-state index in [4.69, 9.17) is 0 Å². The first-order valence-corrected chi connectivity index (χ1v) is 14.8. The fourth-order valence-electron chi connectivity index (χ4n) is 4.17. The van der Waals surface area contributed by atoms with E-state index >= 15 is 0 Å². The summed E-state index contributed by atoms with van der Waals surface area (Å²) in [5.74, 6) is 1.07. The number of nitrogens with zero attached hydrogens (tertiary/aromatic N) is 4. The topological polar surface area (TPSA) is 110 Å². The molecule has 1 atom stereocenters. The van der Waals surface area contributed by atoms with Crippen LogP contribution in [-0.2, 0) is 37.0 Å².